The van der Waals surface area contributed by atoms with Crippen molar-refractivity contribution in [2.45, 2.75) is 31.1 Å². The predicted molar refractivity (Wildman–Crippen MR) is 169 cm³/mol. The first-order chi connectivity index (χ1) is 21.4. The van der Waals surface area contributed by atoms with E-state index in [0.717, 1.165) is 34.2 Å². The lowest BCUT2D eigenvalue weighted by Gasteiger charge is -2.52. The van der Waals surface area contributed by atoms with Crippen LogP contribution in [0.5, 0.6) is 5.75 Å². The first kappa shape index (κ1) is 28.0. The molecule has 2 bridgehead atoms. The molecule has 8 heteroatoms. The highest BCUT2D eigenvalue weighted by atomic mass is 35.5. The van der Waals surface area contributed by atoms with Gasteiger partial charge in [-0.15, -0.1) is 0 Å². The summed E-state index contributed by atoms with van der Waals surface area (Å²) < 4.78 is 5.73. The average molecular weight is 604 g/mol. The summed E-state index contributed by atoms with van der Waals surface area (Å²) in [5, 5.41) is 5.08. The monoisotopic (exact) mass is 603 g/mol. The van der Waals surface area contributed by atoms with Gasteiger partial charge in [-0.3, -0.25) is 14.4 Å². The Balaban J connectivity index is 1.30. The van der Waals surface area contributed by atoms with Crippen molar-refractivity contribution in [3.63, 3.8) is 0 Å². The highest BCUT2D eigenvalue weighted by molar-refractivity contribution is 6.30. The van der Waals surface area contributed by atoms with Crippen LogP contribution in [-0.4, -0.2) is 30.5 Å². The Bertz CT molecular complexity index is 1750. The predicted octanol–water partition coefficient (Wildman–Crippen LogP) is 6.02. The van der Waals surface area contributed by atoms with E-state index in [1.54, 1.807) is 54.7 Å². The molecule has 3 aliphatic carbocycles. The quantitative estimate of drug-likeness (QED) is 0.151. The van der Waals surface area contributed by atoms with Crippen molar-refractivity contribution in [1.82, 2.24) is 5.43 Å². The minimum absolute atomic E-state index is 0.117. The van der Waals surface area contributed by atoms with Gasteiger partial charge in [-0.1, -0.05) is 79.2 Å². The molecule has 0 unspecified atom stereocenters. The Morgan fingerprint density at radius 2 is 1.55 bits per heavy atom. The number of hydrazone groups is 1. The number of halogens is 1. The molecule has 44 heavy (non-hydrogen) atoms. The molecule has 0 saturated carbocycles. The lowest BCUT2D eigenvalue weighted by molar-refractivity contribution is -0.123. The van der Waals surface area contributed by atoms with Crippen LogP contribution in [0, 0.1) is 11.8 Å². The smallest absolute Gasteiger partial charge is 0.244 e. The van der Waals surface area contributed by atoms with E-state index in [0.29, 0.717) is 23.1 Å². The molecular formula is C36H30ClN3O4. The Kier molecular flexibility index (Phi) is 7.05. The first-order valence-electron chi connectivity index (χ1n) is 14.8. The van der Waals surface area contributed by atoms with Gasteiger partial charge in [0.1, 0.15) is 5.75 Å². The van der Waals surface area contributed by atoms with Crippen LogP contribution >= 0.6 is 11.6 Å². The fourth-order valence-corrected chi connectivity index (χ4v) is 7.37. The largest absolute Gasteiger partial charge is 0.494 e. The highest BCUT2D eigenvalue weighted by Gasteiger charge is 2.68. The Labute approximate surface area is 260 Å². The van der Waals surface area contributed by atoms with Crippen molar-refractivity contribution >= 4 is 41.2 Å². The molecule has 1 saturated heterocycles. The number of ether oxygens (including phenoxy) is 1. The summed E-state index contributed by atoms with van der Waals surface area (Å²) in [6.45, 7) is 2.62. The Morgan fingerprint density at radius 1 is 0.909 bits per heavy atom. The average Bonchev–Trinajstić information content (AvgIpc) is 3.32. The number of hydrogen-bond donors (Lipinski definition) is 1. The third-order valence-electron chi connectivity index (χ3n) is 8.99. The van der Waals surface area contributed by atoms with Crippen molar-refractivity contribution in [2.75, 3.05) is 11.5 Å². The molecule has 3 amide bonds. The normalized spacial score (nSPS) is 23.0. The fourth-order valence-electron chi connectivity index (χ4n) is 7.25. The van der Waals surface area contributed by atoms with Crippen LogP contribution in [0.25, 0.3) is 0 Å². The second kappa shape index (κ2) is 11.1. The van der Waals surface area contributed by atoms with Gasteiger partial charge in [0, 0.05) is 17.2 Å². The number of nitrogens with zero attached hydrogens (tertiary/aromatic N) is 2. The van der Waals surface area contributed by atoms with Gasteiger partial charge in [0.15, 0.2) is 0 Å². The molecule has 220 valence electrons. The maximum absolute atomic E-state index is 14.5. The topological polar surface area (TPSA) is 88.1 Å². The highest BCUT2D eigenvalue weighted by Crippen LogP contribution is 2.63. The van der Waals surface area contributed by atoms with Gasteiger partial charge < -0.3 is 4.74 Å². The number of anilines is 1. The van der Waals surface area contributed by atoms with Crippen LogP contribution < -0.4 is 15.1 Å². The van der Waals surface area contributed by atoms with Crippen LogP contribution in [-0.2, 0) is 26.2 Å². The van der Waals surface area contributed by atoms with Gasteiger partial charge in [-0.05, 0) is 70.6 Å². The SMILES string of the molecule is CCCOc1ccc(N2C(=O)[C@H]3C4c5ccccc5C(/C=N\NC(=O)Cc5ccc(Cl)cc5)(c5ccccc54)[C@H]3C2=O)cc1. The molecule has 4 aromatic carbocycles. The number of carbonyl (C=O) groups excluding carboxylic acids is 3. The van der Waals surface area contributed by atoms with Crippen molar-refractivity contribution in [2.24, 2.45) is 16.9 Å². The van der Waals surface area contributed by atoms with Crippen molar-refractivity contribution in [1.29, 1.82) is 0 Å². The lowest BCUT2D eigenvalue weighted by atomic mass is 9.47. The molecule has 1 N–H and O–H groups in total. The lowest BCUT2D eigenvalue weighted by Crippen LogP contribution is -2.54. The third kappa shape index (κ3) is 4.34. The first-order valence-corrected chi connectivity index (χ1v) is 15.2. The molecule has 1 aliphatic heterocycles. The second-order valence-corrected chi connectivity index (χ2v) is 11.9. The van der Waals surface area contributed by atoms with E-state index in [2.05, 4.69) is 10.5 Å². The third-order valence-corrected chi connectivity index (χ3v) is 9.24. The minimum atomic E-state index is -1.06. The molecule has 0 radical (unpaired) electrons. The summed E-state index contributed by atoms with van der Waals surface area (Å²) >= 11 is 5.99. The summed E-state index contributed by atoms with van der Waals surface area (Å²) in [7, 11) is 0. The minimum Gasteiger partial charge on any atom is -0.494 e. The maximum Gasteiger partial charge on any atom is 0.244 e. The van der Waals surface area contributed by atoms with E-state index < -0.39 is 17.3 Å². The molecule has 1 fully saturated rings. The maximum atomic E-state index is 14.5. The number of rotatable bonds is 8. The molecule has 0 spiro atoms. The molecule has 4 aliphatic rings. The molecule has 8 rings (SSSR count). The van der Waals surface area contributed by atoms with Crippen LogP contribution in [0.15, 0.2) is 102 Å². The van der Waals surface area contributed by atoms with E-state index in [1.807, 2.05) is 55.5 Å². The van der Waals surface area contributed by atoms with Gasteiger partial charge in [0.05, 0.1) is 36.0 Å². The van der Waals surface area contributed by atoms with Gasteiger partial charge in [0.25, 0.3) is 0 Å². The van der Waals surface area contributed by atoms with E-state index in [9.17, 15) is 14.4 Å². The number of amides is 3. The van der Waals surface area contributed by atoms with E-state index in [4.69, 9.17) is 16.3 Å². The van der Waals surface area contributed by atoms with Crippen molar-refractivity contribution in [3.8, 4) is 5.75 Å². The molecule has 4 aromatic rings. The van der Waals surface area contributed by atoms with Crippen LogP contribution in [0.1, 0.15) is 47.1 Å². The number of carbonyl (C=O) groups is 3. The van der Waals surface area contributed by atoms with E-state index in [1.165, 1.54) is 4.90 Å². The summed E-state index contributed by atoms with van der Waals surface area (Å²) in [6, 6.07) is 30.1. The molecule has 7 nitrogen and oxygen atoms in total. The molecule has 1 heterocycles. The zero-order valence-corrected chi connectivity index (χ0v) is 24.8. The Hall–Kier alpha value is -4.75. The van der Waals surface area contributed by atoms with Gasteiger partial charge >= 0.3 is 0 Å². The van der Waals surface area contributed by atoms with Crippen LogP contribution in [0.3, 0.4) is 0 Å². The van der Waals surface area contributed by atoms with Crippen LogP contribution in [0.4, 0.5) is 5.69 Å². The van der Waals surface area contributed by atoms with Gasteiger partial charge in [-0.2, -0.15) is 5.10 Å². The van der Waals surface area contributed by atoms with Crippen molar-refractivity contribution < 1.29 is 19.1 Å². The summed E-state index contributed by atoms with van der Waals surface area (Å²) in [6.07, 6.45) is 2.67. The standard InChI is InChI=1S/C36H30ClN3O4/c1-2-19-44-25-17-15-24(16-18-25)40-34(42)32-31-26-7-3-5-9-28(26)36(33(32)35(40)43,29-10-6-4-8-27(29)31)21-38-39-30(41)20-22-11-13-23(37)14-12-22/h3-18,21,31-33H,2,19-20H2,1H3,(H,39,41)/b38-21-/t31?,32-,33+,36?/m0/s1. The summed E-state index contributed by atoms with van der Waals surface area (Å²) in [5.74, 6) is -1.78. The number of imide groups is 1. The number of hydrogen-bond acceptors (Lipinski definition) is 5. The van der Waals surface area contributed by atoms with Crippen LogP contribution in [0.2, 0.25) is 5.02 Å². The number of nitrogens with one attached hydrogen (secondary N) is 1. The van der Waals surface area contributed by atoms with E-state index in [-0.39, 0.29) is 30.1 Å². The van der Waals surface area contributed by atoms with E-state index >= 15 is 0 Å². The Morgan fingerprint density at radius 3 is 2.18 bits per heavy atom. The van der Waals surface area contributed by atoms with Gasteiger partial charge in [0.2, 0.25) is 17.7 Å². The summed E-state index contributed by atoms with van der Waals surface area (Å²) in [5.41, 5.74) is 6.76. The summed E-state index contributed by atoms with van der Waals surface area (Å²) in [4.78, 5) is 43.1. The van der Waals surface area contributed by atoms with Crippen molar-refractivity contribution in [3.05, 3.63) is 130 Å². The zero-order valence-electron chi connectivity index (χ0n) is 24.1. The molecular weight excluding hydrogens is 574 g/mol. The zero-order chi connectivity index (χ0) is 30.4. The molecule has 0 aromatic heterocycles. The van der Waals surface area contributed by atoms with Gasteiger partial charge in [-0.25, -0.2) is 10.3 Å². The fraction of sp³-hybridized carbons (Fsp3) is 0.222. The second-order valence-electron chi connectivity index (χ2n) is 11.5. The number of benzene rings is 4. The molecule has 2 atom stereocenters.